The Morgan fingerprint density at radius 3 is 2.63 bits per heavy atom. The Morgan fingerprint density at radius 2 is 2.05 bits per heavy atom. The molecule has 0 aromatic heterocycles. The number of ether oxygens (including phenoxy) is 2. The molecule has 0 radical (unpaired) electrons. The zero-order valence-electron chi connectivity index (χ0n) is 12.4. The summed E-state index contributed by atoms with van der Waals surface area (Å²) < 4.78 is 10.9. The molecule has 2 N–H and O–H groups in total. The molecule has 0 aliphatic rings. The van der Waals surface area contributed by atoms with Crippen LogP contribution < -0.4 is 10.5 Å². The summed E-state index contributed by atoms with van der Waals surface area (Å²) in [5, 5.41) is 0. The van der Waals surface area contributed by atoms with Crippen molar-refractivity contribution in [1.82, 2.24) is 0 Å². The molecule has 1 atom stereocenters. The first-order valence-electron chi connectivity index (χ1n) is 7.21. The van der Waals surface area contributed by atoms with Gasteiger partial charge in [-0.25, -0.2) is 0 Å². The predicted molar refractivity (Wildman–Crippen MR) is 80.4 cm³/mol. The van der Waals surface area contributed by atoms with Crippen molar-refractivity contribution in [2.24, 2.45) is 5.92 Å². The number of benzene rings is 1. The fourth-order valence-corrected chi connectivity index (χ4v) is 2.12. The highest BCUT2D eigenvalue weighted by Gasteiger charge is 2.06. The van der Waals surface area contributed by atoms with Gasteiger partial charge >= 0.3 is 0 Å². The topological polar surface area (TPSA) is 44.5 Å². The third-order valence-electron chi connectivity index (χ3n) is 3.46. The number of unbranched alkanes of at least 4 members (excludes halogenated alkanes) is 1. The lowest BCUT2D eigenvalue weighted by Crippen LogP contribution is -2.09. The highest BCUT2D eigenvalue weighted by molar-refractivity contribution is 5.54. The first-order valence-corrected chi connectivity index (χ1v) is 7.21. The molecule has 0 spiro atoms. The van der Waals surface area contributed by atoms with Crippen LogP contribution in [0.25, 0.3) is 0 Å². The summed E-state index contributed by atoms with van der Waals surface area (Å²) in [6.45, 7) is 5.92. The van der Waals surface area contributed by atoms with E-state index >= 15 is 0 Å². The Bertz CT molecular complexity index is 366. The molecular formula is C16H27NO2. The molecule has 3 heteroatoms. The highest BCUT2D eigenvalue weighted by Crippen LogP contribution is 2.22. The van der Waals surface area contributed by atoms with Gasteiger partial charge in [0, 0.05) is 6.61 Å². The van der Waals surface area contributed by atoms with Crippen LogP contribution in [0.2, 0.25) is 0 Å². The summed E-state index contributed by atoms with van der Waals surface area (Å²) in [5.74, 6) is 1.40. The summed E-state index contributed by atoms with van der Waals surface area (Å²) in [7, 11) is 1.63. The molecule has 0 bridgehead atoms. The van der Waals surface area contributed by atoms with Gasteiger partial charge in [-0.15, -0.1) is 0 Å². The quantitative estimate of drug-likeness (QED) is 0.686. The van der Waals surface area contributed by atoms with E-state index in [9.17, 15) is 0 Å². The van der Waals surface area contributed by atoms with E-state index in [0.29, 0.717) is 18.2 Å². The van der Waals surface area contributed by atoms with Gasteiger partial charge in [0.1, 0.15) is 5.75 Å². The largest absolute Gasteiger partial charge is 0.495 e. The van der Waals surface area contributed by atoms with Crippen LogP contribution >= 0.6 is 0 Å². The molecule has 19 heavy (non-hydrogen) atoms. The molecule has 0 fully saturated rings. The molecule has 1 aromatic rings. The highest BCUT2D eigenvalue weighted by atomic mass is 16.5. The van der Waals surface area contributed by atoms with Crippen LogP contribution in [0.3, 0.4) is 0 Å². The summed E-state index contributed by atoms with van der Waals surface area (Å²) >= 11 is 0. The minimum atomic E-state index is 0.622. The number of anilines is 1. The van der Waals surface area contributed by atoms with Crippen LogP contribution in [-0.2, 0) is 11.3 Å². The van der Waals surface area contributed by atoms with Crippen LogP contribution in [0, 0.1) is 5.92 Å². The molecule has 0 heterocycles. The van der Waals surface area contributed by atoms with Gasteiger partial charge in [-0.1, -0.05) is 39.2 Å². The lowest BCUT2D eigenvalue weighted by Gasteiger charge is -2.15. The molecule has 0 aliphatic carbocycles. The molecule has 0 amide bonds. The Labute approximate surface area is 117 Å². The molecule has 1 unspecified atom stereocenters. The first-order chi connectivity index (χ1) is 9.21. The summed E-state index contributed by atoms with van der Waals surface area (Å²) in [4.78, 5) is 0. The van der Waals surface area contributed by atoms with Crippen molar-refractivity contribution in [3.63, 3.8) is 0 Å². The molecule has 1 rings (SSSR count). The fraction of sp³-hybridized carbons (Fsp3) is 0.625. The van der Waals surface area contributed by atoms with Gasteiger partial charge in [0.05, 0.1) is 19.4 Å². The van der Waals surface area contributed by atoms with E-state index in [1.165, 1.54) is 25.7 Å². The fourth-order valence-electron chi connectivity index (χ4n) is 2.12. The average Bonchev–Trinajstić information content (AvgIpc) is 2.42. The zero-order valence-corrected chi connectivity index (χ0v) is 12.4. The number of methoxy groups -OCH3 is 1. The standard InChI is InChI=1S/C16H27NO2/c1-4-6-7-13(5-2)11-19-12-14-8-9-16(18-3)15(17)10-14/h8-10,13H,4-7,11-12,17H2,1-3H3. The Kier molecular flexibility index (Phi) is 7.34. The van der Waals surface area contributed by atoms with Crippen molar-refractivity contribution in [2.75, 3.05) is 19.5 Å². The molecular weight excluding hydrogens is 238 g/mol. The van der Waals surface area contributed by atoms with Crippen LogP contribution in [0.5, 0.6) is 5.75 Å². The number of nitrogen functional groups attached to an aromatic ring is 1. The summed E-state index contributed by atoms with van der Waals surface area (Å²) in [5.41, 5.74) is 7.64. The third-order valence-corrected chi connectivity index (χ3v) is 3.46. The molecule has 0 aliphatic heterocycles. The van der Waals surface area contributed by atoms with Crippen molar-refractivity contribution < 1.29 is 9.47 Å². The lowest BCUT2D eigenvalue weighted by molar-refractivity contribution is 0.0820. The molecule has 0 saturated heterocycles. The summed E-state index contributed by atoms with van der Waals surface area (Å²) in [6.07, 6.45) is 4.99. The van der Waals surface area contributed by atoms with Crippen molar-refractivity contribution in [3.8, 4) is 5.75 Å². The number of nitrogens with two attached hydrogens (primary N) is 1. The van der Waals surface area contributed by atoms with E-state index in [1.54, 1.807) is 7.11 Å². The van der Waals surface area contributed by atoms with Crippen LogP contribution in [-0.4, -0.2) is 13.7 Å². The number of rotatable bonds is 9. The Balaban J connectivity index is 2.37. The number of hydrogen-bond donors (Lipinski definition) is 1. The van der Waals surface area contributed by atoms with Crippen LogP contribution in [0.1, 0.15) is 45.1 Å². The van der Waals surface area contributed by atoms with E-state index in [0.717, 1.165) is 17.9 Å². The van der Waals surface area contributed by atoms with Crippen LogP contribution in [0.15, 0.2) is 18.2 Å². The van der Waals surface area contributed by atoms with E-state index in [1.807, 2.05) is 18.2 Å². The smallest absolute Gasteiger partial charge is 0.141 e. The van der Waals surface area contributed by atoms with E-state index < -0.39 is 0 Å². The van der Waals surface area contributed by atoms with Gasteiger partial charge in [0.2, 0.25) is 0 Å². The Hall–Kier alpha value is -1.22. The maximum Gasteiger partial charge on any atom is 0.141 e. The second kappa shape index (κ2) is 8.81. The van der Waals surface area contributed by atoms with Gasteiger partial charge in [-0.05, 0) is 30.0 Å². The first kappa shape index (κ1) is 15.8. The van der Waals surface area contributed by atoms with Crippen molar-refractivity contribution in [1.29, 1.82) is 0 Å². The zero-order chi connectivity index (χ0) is 14.1. The maximum atomic E-state index is 5.87. The lowest BCUT2D eigenvalue weighted by atomic mass is 10.0. The van der Waals surface area contributed by atoms with Gasteiger partial charge < -0.3 is 15.2 Å². The molecule has 3 nitrogen and oxygen atoms in total. The van der Waals surface area contributed by atoms with Crippen molar-refractivity contribution >= 4 is 5.69 Å². The Morgan fingerprint density at radius 1 is 1.26 bits per heavy atom. The van der Waals surface area contributed by atoms with Gasteiger partial charge in [-0.3, -0.25) is 0 Å². The third kappa shape index (κ3) is 5.52. The molecule has 108 valence electrons. The molecule has 1 aromatic carbocycles. The normalized spacial score (nSPS) is 12.4. The van der Waals surface area contributed by atoms with E-state index in [4.69, 9.17) is 15.2 Å². The second-order valence-electron chi connectivity index (χ2n) is 5.01. The monoisotopic (exact) mass is 265 g/mol. The van der Waals surface area contributed by atoms with E-state index in [-0.39, 0.29) is 0 Å². The predicted octanol–water partition coefficient (Wildman–Crippen LogP) is 4.01. The molecule has 0 saturated carbocycles. The van der Waals surface area contributed by atoms with Gasteiger partial charge in [0.25, 0.3) is 0 Å². The minimum Gasteiger partial charge on any atom is -0.495 e. The second-order valence-corrected chi connectivity index (χ2v) is 5.01. The van der Waals surface area contributed by atoms with Crippen molar-refractivity contribution in [3.05, 3.63) is 23.8 Å². The SMILES string of the molecule is CCCCC(CC)COCc1ccc(OC)c(N)c1. The average molecular weight is 265 g/mol. The number of hydrogen-bond acceptors (Lipinski definition) is 3. The minimum absolute atomic E-state index is 0.622. The van der Waals surface area contributed by atoms with Gasteiger partial charge in [-0.2, -0.15) is 0 Å². The van der Waals surface area contributed by atoms with Crippen molar-refractivity contribution in [2.45, 2.75) is 46.1 Å². The summed E-state index contributed by atoms with van der Waals surface area (Å²) in [6, 6.07) is 5.82. The maximum absolute atomic E-state index is 5.87. The van der Waals surface area contributed by atoms with E-state index in [2.05, 4.69) is 13.8 Å². The van der Waals surface area contributed by atoms with Gasteiger partial charge in [0.15, 0.2) is 0 Å². The van der Waals surface area contributed by atoms with Crippen LogP contribution in [0.4, 0.5) is 5.69 Å².